The van der Waals surface area contributed by atoms with Crippen molar-refractivity contribution < 1.29 is 9.47 Å². The number of hydrogen-bond donors (Lipinski definition) is 1. The normalized spacial score (nSPS) is 10.4. The minimum Gasteiger partial charge on any atom is -0.383 e. The van der Waals surface area contributed by atoms with Gasteiger partial charge in [-0.2, -0.15) is 0 Å². The molecule has 0 aromatic heterocycles. The molecular formula is C12H18BrNO2. The molecule has 3 nitrogen and oxygen atoms in total. The first kappa shape index (κ1) is 13.5. The zero-order valence-electron chi connectivity index (χ0n) is 9.75. The minimum atomic E-state index is 0.650. The fourth-order valence-electron chi connectivity index (χ4n) is 1.33. The van der Waals surface area contributed by atoms with Crippen LogP contribution in [-0.4, -0.2) is 33.5 Å². The van der Waals surface area contributed by atoms with Crippen molar-refractivity contribution in [2.24, 2.45) is 0 Å². The van der Waals surface area contributed by atoms with Crippen LogP contribution in [0, 0.1) is 6.92 Å². The molecule has 0 atom stereocenters. The molecule has 1 rings (SSSR count). The average molecular weight is 288 g/mol. The van der Waals surface area contributed by atoms with Gasteiger partial charge in [0.2, 0.25) is 0 Å². The van der Waals surface area contributed by atoms with Crippen LogP contribution in [0.4, 0.5) is 5.69 Å². The monoisotopic (exact) mass is 287 g/mol. The lowest BCUT2D eigenvalue weighted by Gasteiger charge is -2.10. The number of hydrogen-bond acceptors (Lipinski definition) is 3. The summed E-state index contributed by atoms with van der Waals surface area (Å²) in [4.78, 5) is 0. The van der Waals surface area contributed by atoms with Crippen LogP contribution in [0.5, 0.6) is 0 Å². The fourth-order valence-corrected chi connectivity index (χ4v) is 1.80. The van der Waals surface area contributed by atoms with Crippen LogP contribution in [0.25, 0.3) is 0 Å². The first-order valence-corrected chi connectivity index (χ1v) is 6.10. The zero-order chi connectivity index (χ0) is 11.8. The van der Waals surface area contributed by atoms with E-state index >= 15 is 0 Å². The molecule has 0 amide bonds. The molecule has 0 unspecified atom stereocenters. The Labute approximate surface area is 105 Å². The SMILES string of the molecule is COCCOCCNc1ccc(Br)cc1C. The summed E-state index contributed by atoms with van der Waals surface area (Å²) in [5.74, 6) is 0. The second-order valence-corrected chi connectivity index (χ2v) is 4.41. The van der Waals surface area contributed by atoms with Crippen molar-refractivity contribution in [1.29, 1.82) is 0 Å². The third-order valence-electron chi connectivity index (χ3n) is 2.18. The van der Waals surface area contributed by atoms with Crippen molar-refractivity contribution in [3.63, 3.8) is 0 Å². The van der Waals surface area contributed by atoms with Crippen molar-refractivity contribution >= 4 is 21.6 Å². The van der Waals surface area contributed by atoms with Gasteiger partial charge in [0.25, 0.3) is 0 Å². The highest BCUT2D eigenvalue weighted by Crippen LogP contribution is 2.19. The Morgan fingerprint density at radius 1 is 1.25 bits per heavy atom. The minimum absolute atomic E-state index is 0.650. The van der Waals surface area contributed by atoms with E-state index in [9.17, 15) is 0 Å². The highest BCUT2D eigenvalue weighted by Gasteiger charge is 1.97. The smallest absolute Gasteiger partial charge is 0.0701 e. The highest BCUT2D eigenvalue weighted by atomic mass is 79.9. The molecule has 0 saturated heterocycles. The number of halogens is 1. The molecule has 0 aliphatic heterocycles. The van der Waals surface area contributed by atoms with Crippen molar-refractivity contribution in [3.8, 4) is 0 Å². The molecule has 1 N–H and O–H groups in total. The van der Waals surface area contributed by atoms with Gasteiger partial charge >= 0.3 is 0 Å². The van der Waals surface area contributed by atoms with Crippen LogP contribution in [-0.2, 0) is 9.47 Å². The van der Waals surface area contributed by atoms with E-state index in [1.807, 2.05) is 6.07 Å². The van der Waals surface area contributed by atoms with Crippen LogP contribution in [0.3, 0.4) is 0 Å². The number of rotatable bonds is 7. The third kappa shape index (κ3) is 4.96. The van der Waals surface area contributed by atoms with E-state index in [1.54, 1.807) is 7.11 Å². The number of nitrogens with one attached hydrogen (secondary N) is 1. The van der Waals surface area contributed by atoms with Gasteiger partial charge in [0.15, 0.2) is 0 Å². The molecule has 0 radical (unpaired) electrons. The Balaban J connectivity index is 2.21. The maximum absolute atomic E-state index is 5.36. The average Bonchev–Trinajstić information content (AvgIpc) is 2.26. The van der Waals surface area contributed by atoms with Crippen LogP contribution in [0.15, 0.2) is 22.7 Å². The lowest BCUT2D eigenvalue weighted by atomic mass is 10.2. The fraction of sp³-hybridized carbons (Fsp3) is 0.500. The number of benzene rings is 1. The first-order chi connectivity index (χ1) is 7.74. The summed E-state index contributed by atoms with van der Waals surface area (Å²) in [6, 6.07) is 6.18. The molecule has 16 heavy (non-hydrogen) atoms. The van der Waals surface area contributed by atoms with Crippen molar-refractivity contribution in [1.82, 2.24) is 0 Å². The summed E-state index contributed by atoms with van der Waals surface area (Å²) in [5.41, 5.74) is 2.38. The molecule has 0 fully saturated rings. The predicted molar refractivity (Wildman–Crippen MR) is 70.1 cm³/mol. The second kappa shape index (κ2) is 7.65. The van der Waals surface area contributed by atoms with Crippen molar-refractivity contribution in [3.05, 3.63) is 28.2 Å². The lowest BCUT2D eigenvalue weighted by molar-refractivity contribution is 0.0759. The van der Waals surface area contributed by atoms with Crippen LogP contribution in [0.1, 0.15) is 5.56 Å². The van der Waals surface area contributed by atoms with Gasteiger partial charge in [-0.25, -0.2) is 0 Å². The molecule has 0 heterocycles. The molecule has 0 spiro atoms. The quantitative estimate of drug-likeness (QED) is 0.783. The van der Waals surface area contributed by atoms with Gasteiger partial charge in [-0.3, -0.25) is 0 Å². The van der Waals surface area contributed by atoms with Crippen LogP contribution < -0.4 is 5.32 Å². The molecule has 90 valence electrons. The Bertz CT molecular complexity index is 318. The summed E-state index contributed by atoms with van der Waals surface area (Å²) < 4.78 is 11.4. The zero-order valence-corrected chi connectivity index (χ0v) is 11.3. The number of anilines is 1. The number of methoxy groups -OCH3 is 1. The van der Waals surface area contributed by atoms with Gasteiger partial charge in [-0.05, 0) is 30.7 Å². The van der Waals surface area contributed by atoms with Gasteiger partial charge in [0, 0.05) is 23.8 Å². The van der Waals surface area contributed by atoms with Crippen LogP contribution in [0.2, 0.25) is 0 Å². The van der Waals surface area contributed by atoms with E-state index < -0.39 is 0 Å². The highest BCUT2D eigenvalue weighted by molar-refractivity contribution is 9.10. The number of aryl methyl sites for hydroxylation is 1. The van der Waals surface area contributed by atoms with Gasteiger partial charge in [-0.1, -0.05) is 15.9 Å². The third-order valence-corrected chi connectivity index (χ3v) is 2.68. The first-order valence-electron chi connectivity index (χ1n) is 5.30. The molecule has 0 bridgehead atoms. The summed E-state index contributed by atoms with van der Waals surface area (Å²) in [6.45, 7) is 4.89. The topological polar surface area (TPSA) is 30.5 Å². The van der Waals surface area contributed by atoms with Crippen molar-refractivity contribution in [2.75, 3.05) is 38.8 Å². The Morgan fingerprint density at radius 2 is 2.06 bits per heavy atom. The summed E-state index contributed by atoms with van der Waals surface area (Å²) in [6.07, 6.45) is 0. The van der Waals surface area contributed by atoms with E-state index in [1.165, 1.54) is 5.56 Å². The molecule has 0 aliphatic carbocycles. The van der Waals surface area contributed by atoms with E-state index in [4.69, 9.17) is 9.47 Å². The molecule has 1 aromatic rings. The van der Waals surface area contributed by atoms with Gasteiger partial charge < -0.3 is 14.8 Å². The Hall–Kier alpha value is -0.580. The van der Waals surface area contributed by atoms with Crippen LogP contribution >= 0.6 is 15.9 Å². The van der Waals surface area contributed by atoms with Gasteiger partial charge in [-0.15, -0.1) is 0 Å². The standard InChI is InChI=1S/C12H18BrNO2/c1-10-9-11(13)3-4-12(10)14-5-6-16-8-7-15-2/h3-4,9,14H,5-8H2,1-2H3. The van der Waals surface area contributed by atoms with E-state index in [2.05, 4.69) is 40.3 Å². The maximum Gasteiger partial charge on any atom is 0.0701 e. The Morgan fingerprint density at radius 3 is 2.75 bits per heavy atom. The summed E-state index contributed by atoms with van der Waals surface area (Å²) in [7, 11) is 1.67. The molecule has 1 aromatic carbocycles. The molecule has 0 saturated carbocycles. The lowest BCUT2D eigenvalue weighted by Crippen LogP contribution is -2.12. The van der Waals surface area contributed by atoms with E-state index in [-0.39, 0.29) is 0 Å². The molecule has 4 heteroatoms. The van der Waals surface area contributed by atoms with Gasteiger partial charge in [0.1, 0.15) is 0 Å². The summed E-state index contributed by atoms with van der Waals surface area (Å²) in [5, 5.41) is 3.33. The van der Waals surface area contributed by atoms with Gasteiger partial charge in [0.05, 0.1) is 19.8 Å². The molecule has 0 aliphatic rings. The van der Waals surface area contributed by atoms with E-state index in [0.717, 1.165) is 16.7 Å². The maximum atomic E-state index is 5.36. The predicted octanol–water partition coefficient (Wildman–Crippen LogP) is 2.83. The number of ether oxygens (including phenoxy) is 2. The Kier molecular flexibility index (Phi) is 6.45. The van der Waals surface area contributed by atoms with Crippen molar-refractivity contribution in [2.45, 2.75) is 6.92 Å². The molecular weight excluding hydrogens is 270 g/mol. The summed E-state index contributed by atoms with van der Waals surface area (Å²) >= 11 is 3.44. The second-order valence-electron chi connectivity index (χ2n) is 3.49. The largest absolute Gasteiger partial charge is 0.383 e. The van der Waals surface area contributed by atoms with E-state index in [0.29, 0.717) is 19.8 Å².